The van der Waals surface area contributed by atoms with Gasteiger partial charge >= 0.3 is 0 Å². The second-order valence-electron chi connectivity index (χ2n) is 4.83. The molecule has 2 heteroatoms. The van der Waals surface area contributed by atoms with Crippen LogP contribution in [0.25, 0.3) is 0 Å². The van der Waals surface area contributed by atoms with Crippen molar-refractivity contribution in [2.45, 2.75) is 6.42 Å². The van der Waals surface area contributed by atoms with E-state index in [1.165, 1.54) is 5.56 Å². The SMILES string of the molecule is C=CCOc1cccc([CH]Cc2cccc(OCC=C)c2)c1. The molecule has 0 saturated heterocycles. The van der Waals surface area contributed by atoms with Gasteiger partial charge in [0.05, 0.1) is 0 Å². The van der Waals surface area contributed by atoms with Gasteiger partial charge in [-0.15, -0.1) is 0 Å². The fourth-order valence-corrected chi connectivity index (χ4v) is 2.04. The molecule has 2 rings (SSSR count). The topological polar surface area (TPSA) is 18.5 Å². The molecule has 0 aliphatic rings. The molecule has 0 saturated carbocycles. The van der Waals surface area contributed by atoms with Gasteiger partial charge in [0.25, 0.3) is 0 Å². The van der Waals surface area contributed by atoms with E-state index in [1.807, 2.05) is 30.3 Å². The van der Waals surface area contributed by atoms with Crippen molar-refractivity contribution in [3.63, 3.8) is 0 Å². The molecule has 2 aromatic rings. The fraction of sp³-hybridized carbons (Fsp3) is 0.150. The lowest BCUT2D eigenvalue weighted by Gasteiger charge is -2.08. The highest BCUT2D eigenvalue weighted by molar-refractivity contribution is 5.36. The molecular weight excluding hydrogens is 272 g/mol. The summed E-state index contributed by atoms with van der Waals surface area (Å²) in [6, 6.07) is 16.1. The van der Waals surface area contributed by atoms with Crippen LogP contribution in [0, 0.1) is 6.42 Å². The molecule has 22 heavy (non-hydrogen) atoms. The summed E-state index contributed by atoms with van der Waals surface area (Å²) in [5.74, 6) is 1.73. The number of ether oxygens (including phenoxy) is 2. The third-order valence-electron chi connectivity index (χ3n) is 3.07. The molecule has 2 nitrogen and oxygen atoms in total. The second-order valence-corrected chi connectivity index (χ2v) is 4.83. The Bertz CT molecular complexity index is 561. The first-order chi connectivity index (χ1) is 10.8. The van der Waals surface area contributed by atoms with Crippen molar-refractivity contribution in [2.24, 2.45) is 0 Å². The van der Waals surface area contributed by atoms with Crippen LogP contribution in [0.3, 0.4) is 0 Å². The maximum Gasteiger partial charge on any atom is 0.120 e. The van der Waals surface area contributed by atoms with E-state index in [9.17, 15) is 0 Å². The summed E-state index contributed by atoms with van der Waals surface area (Å²) in [6.07, 6.45) is 6.50. The molecule has 0 aliphatic heterocycles. The number of hydrogen-bond donors (Lipinski definition) is 0. The van der Waals surface area contributed by atoms with Crippen LogP contribution in [-0.4, -0.2) is 13.2 Å². The Hall–Kier alpha value is -2.48. The lowest BCUT2D eigenvalue weighted by molar-refractivity contribution is 0.362. The van der Waals surface area contributed by atoms with Crippen LogP contribution in [0.2, 0.25) is 0 Å². The Kier molecular flexibility index (Phi) is 6.31. The predicted octanol–water partition coefficient (Wildman–Crippen LogP) is 4.61. The van der Waals surface area contributed by atoms with Gasteiger partial charge in [-0.25, -0.2) is 0 Å². The third kappa shape index (κ3) is 5.13. The Balaban J connectivity index is 1.94. The van der Waals surface area contributed by atoms with Gasteiger partial charge in [0.1, 0.15) is 24.7 Å². The van der Waals surface area contributed by atoms with E-state index < -0.39 is 0 Å². The lowest BCUT2D eigenvalue weighted by Crippen LogP contribution is -1.95. The van der Waals surface area contributed by atoms with Crippen LogP contribution in [0.1, 0.15) is 11.1 Å². The molecule has 0 aliphatic carbocycles. The van der Waals surface area contributed by atoms with Gasteiger partial charge in [0.15, 0.2) is 0 Å². The van der Waals surface area contributed by atoms with Crippen LogP contribution in [0.5, 0.6) is 11.5 Å². The molecule has 0 aromatic heterocycles. The quantitative estimate of drug-likeness (QED) is 0.628. The number of hydrogen-bond acceptors (Lipinski definition) is 2. The normalized spacial score (nSPS) is 10.0. The molecule has 0 fully saturated rings. The zero-order valence-corrected chi connectivity index (χ0v) is 12.7. The Morgan fingerprint density at radius 1 is 0.818 bits per heavy atom. The fourth-order valence-electron chi connectivity index (χ4n) is 2.04. The van der Waals surface area contributed by atoms with Crippen molar-refractivity contribution in [1.29, 1.82) is 0 Å². The highest BCUT2D eigenvalue weighted by Crippen LogP contribution is 2.19. The molecule has 113 valence electrons. The summed E-state index contributed by atoms with van der Waals surface area (Å²) in [5.41, 5.74) is 2.35. The minimum absolute atomic E-state index is 0.520. The molecule has 0 bridgehead atoms. The Morgan fingerprint density at radius 3 is 2.14 bits per heavy atom. The molecular formula is C20H21O2. The first kappa shape index (κ1) is 15.9. The van der Waals surface area contributed by atoms with E-state index in [-0.39, 0.29) is 0 Å². The molecule has 0 unspecified atom stereocenters. The molecule has 0 spiro atoms. The van der Waals surface area contributed by atoms with Crippen molar-refractivity contribution in [3.8, 4) is 11.5 Å². The maximum atomic E-state index is 5.55. The third-order valence-corrected chi connectivity index (χ3v) is 3.07. The van der Waals surface area contributed by atoms with E-state index in [4.69, 9.17) is 9.47 Å². The summed E-state index contributed by atoms with van der Waals surface area (Å²) in [4.78, 5) is 0. The average molecular weight is 293 g/mol. The van der Waals surface area contributed by atoms with Crippen LogP contribution < -0.4 is 9.47 Å². The van der Waals surface area contributed by atoms with Crippen molar-refractivity contribution in [3.05, 3.63) is 91.4 Å². The largest absolute Gasteiger partial charge is 0.490 e. The monoisotopic (exact) mass is 293 g/mol. The summed E-state index contributed by atoms with van der Waals surface area (Å²) < 4.78 is 11.1. The molecule has 0 atom stereocenters. The predicted molar refractivity (Wildman–Crippen MR) is 91.4 cm³/mol. The van der Waals surface area contributed by atoms with Gasteiger partial charge in [0.2, 0.25) is 0 Å². The van der Waals surface area contributed by atoms with Crippen molar-refractivity contribution in [2.75, 3.05) is 13.2 Å². The van der Waals surface area contributed by atoms with Gasteiger partial charge in [-0.2, -0.15) is 0 Å². The summed E-state index contributed by atoms with van der Waals surface area (Å²) in [6.45, 7) is 8.35. The molecule has 2 aromatic carbocycles. The van der Waals surface area contributed by atoms with Crippen molar-refractivity contribution in [1.82, 2.24) is 0 Å². The molecule has 0 N–H and O–H groups in total. The van der Waals surface area contributed by atoms with Gasteiger partial charge in [-0.1, -0.05) is 49.6 Å². The van der Waals surface area contributed by atoms with Crippen LogP contribution in [-0.2, 0) is 6.42 Å². The van der Waals surface area contributed by atoms with E-state index in [2.05, 4.69) is 37.8 Å². The van der Waals surface area contributed by atoms with E-state index in [1.54, 1.807) is 12.2 Å². The van der Waals surface area contributed by atoms with Crippen LogP contribution in [0.4, 0.5) is 0 Å². The maximum absolute atomic E-state index is 5.55. The van der Waals surface area contributed by atoms with Gasteiger partial charge in [-0.3, -0.25) is 0 Å². The highest BCUT2D eigenvalue weighted by atomic mass is 16.5. The molecule has 0 amide bonds. The zero-order valence-electron chi connectivity index (χ0n) is 12.7. The molecule has 0 heterocycles. The zero-order chi connectivity index (χ0) is 15.6. The minimum atomic E-state index is 0.520. The summed E-state index contributed by atoms with van der Waals surface area (Å²) in [7, 11) is 0. The lowest BCUT2D eigenvalue weighted by atomic mass is 10.0. The number of rotatable bonds is 9. The van der Waals surface area contributed by atoms with Crippen LogP contribution >= 0.6 is 0 Å². The Labute approximate surface area is 132 Å². The van der Waals surface area contributed by atoms with E-state index >= 15 is 0 Å². The second kappa shape index (κ2) is 8.73. The summed E-state index contributed by atoms with van der Waals surface area (Å²) in [5, 5.41) is 0. The standard InChI is InChI=1S/C20H21O2/c1-3-13-21-19-9-5-7-17(15-19)11-12-18-8-6-10-20(16-18)22-14-4-2/h3-11,15-16H,1-2,12-14H2. The van der Waals surface area contributed by atoms with Crippen molar-refractivity contribution < 1.29 is 9.47 Å². The Morgan fingerprint density at radius 2 is 1.45 bits per heavy atom. The van der Waals surface area contributed by atoms with E-state index in [0.29, 0.717) is 13.2 Å². The summed E-state index contributed by atoms with van der Waals surface area (Å²) >= 11 is 0. The first-order valence-corrected chi connectivity index (χ1v) is 7.31. The van der Waals surface area contributed by atoms with E-state index in [0.717, 1.165) is 23.5 Å². The van der Waals surface area contributed by atoms with Gasteiger partial charge in [0, 0.05) is 0 Å². The average Bonchev–Trinajstić information content (AvgIpc) is 2.57. The minimum Gasteiger partial charge on any atom is -0.490 e. The highest BCUT2D eigenvalue weighted by Gasteiger charge is 2.01. The van der Waals surface area contributed by atoms with Gasteiger partial charge in [-0.05, 0) is 48.2 Å². The first-order valence-electron chi connectivity index (χ1n) is 7.31. The number of benzene rings is 2. The smallest absolute Gasteiger partial charge is 0.120 e. The van der Waals surface area contributed by atoms with Crippen molar-refractivity contribution >= 4 is 0 Å². The molecule has 1 radical (unpaired) electrons. The van der Waals surface area contributed by atoms with Crippen LogP contribution in [0.15, 0.2) is 73.8 Å². The van der Waals surface area contributed by atoms with Gasteiger partial charge < -0.3 is 9.47 Å².